The maximum Gasteiger partial charge on any atom is 0.269 e. The fourth-order valence-electron chi connectivity index (χ4n) is 3.43. The summed E-state index contributed by atoms with van der Waals surface area (Å²) in [5.41, 5.74) is 1.86. The number of rotatable bonds is 5. The van der Waals surface area contributed by atoms with Gasteiger partial charge in [0.25, 0.3) is 11.6 Å². The molecule has 0 unspecified atom stereocenters. The first-order valence-electron chi connectivity index (χ1n) is 9.72. The molecule has 0 fully saturated rings. The van der Waals surface area contributed by atoms with E-state index in [9.17, 15) is 20.2 Å². The molecule has 32 heavy (non-hydrogen) atoms. The van der Waals surface area contributed by atoms with Crippen LogP contribution < -0.4 is 5.32 Å². The molecule has 4 rings (SSSR count). The first-order valence-corrected chi connectivity index (χ1v) is 9.72. The lowest BCUT2D eigenvalue weighted by Gasteiger charge is -2.08. The van der Waals surface area contributed by atoms with E-state index in [1.807, 2.05) is 42.5 Å². The van der Waals surface area contributed by atoms with Gasteiger partial charge in [-0.05, 0) is 42.1 Å². The number of aryl methyl sites for hydroxylation is 1. The minimum absolute atomic E-state index is 0.00482. The van der Waals surface area contributed by atoms with E-state index in [0.717, 1.165) is 10.8 Å². The summed E-state index contributed by atoms with van der Waals surface area (Å²) < 4.78 is 5.78. The van der Waals surface area contributed by atoms with Crippen molar-refractivity contribution in [3.8, 4) is 17.4 Å². The van der Waals surface area contributed by atoms with Crippen molar-refractivity contribution in [2.75, 3.05) is 5.32 Å². The van der Waals surface area contributed by atoms with E-state index in [4.69, 9.17) is 4.42 Å². The Morgan fingerprint density at radius 1 is 1.09 bits per heavy atom. The molecule has 7 nitrogen and oxygen atoms in total. The van der Waals surface area contributed by atoms with Crippen LogP contribution in [0.2, 0.25) is 0 Å². The molecular weight excluding hydrogens is 406 g/mol. The van der Waals surface area contributed by atoms with Gasteiger partial charge in [-0.2, -0.15) is 5.26 Å². The highest BCUT2D eigenvalue weighted by Crippen LogP contribution is 2.29. The van der Waals surface area contributed by atoms with Crippen molar-refractivity contribution in [1.29, 1.82) is 5.26 Å². The van der Waals surface area contributed by atoms with E-state index in [1.165, 1.54) is 18.2 Å². The Bertz CT molecular complexity index is 1420. The third kappa shape index (κ3) is 4.11. The standard InChI is InChI=1S/C25H17N3O4/c1-16-13-19(28(30)31)9-11-21(16)24-12-10-20(32-24)14-18(15-26)25(29)27-23-8-4-6-17-5-2-3-7-22(17)23/h2-14H,1H3,(H,27,29)/b18-14+. The molecule has 0 spiro atoms. The number of nitriles is 1. The Kier molecular flexibility index (Phi) is 5.51. The van der Waals surface area contributed by atoms with Gasteiger partial charge in [-0.3, -0.25) is 14.9 Å². The predicted molar refractivity (Wildman–Crippen MR) is 122 cm³/mol. The largest absolute Gasteiger partial charge is 0.457 e. The fraction of sp³-hybridized carbons (Fsp3) is 0.0400. The SMILES string of the molecule is Cc1cc([N+](=O)[O-])ccc1-c1ccc(/C=C(\C#N)C(=O)Nc2cccc3ccccc23)o1. The smallest absolute Gasteiger partial charge is 0.269 e. The number of carbonyl (C=O) groups is 1. The maximum absolute atomic E-state index is 12.7. The number of nitrogens with zero attached hydrogens (tertiary/aromatic N) is 2. The van der Waals surface area contributed by atoms with Gasteiger partial charge in [-0.25, -0.2) is 0 Å². The van der Waals surface area contributed by atoms with Crippen LogP contribution in [0.1, 0.15) is 11.3 Å². The van der Waals surface area contributed by atoms with Crippen LogP contribution in [0, 0.1) is 28.4 Å². The number of hydrogen-bond acceptors (Lipinski definition) is 5. The number of fused-ring (bicyclic) bond motifs is 1. The van der Waals surface area contributed by atoms with E-state index in [1.54, 1.807) is 31.2 Å². The van der Waals surface area contributed by atoms with Crippen molar-refractivity contribution >= 4 is 34.1 Å². The molecule has 0 saturated heterocycles. The Balaban J connectivity index is 1.59. The number of furan rings is 1. The summed E-state index contributed by atoms with van der Waals surface area (Å²) in [6.07, 6.45) is 1.37. The van der Waals surface area contributed by atoms with E-state index < -0.39 is 10.8 Å². The highest BCUT2D eigenvalue weighted by atomic mass is 16.6. The minimum atomic E-state index is -0.548. The van der Waals surface area contributed by atoms with Crippen LogP contribution in [-0.2, 0) is 4.79 Å². The zero-order valence-corrected chi connectivity index (χ0v) is 17.0. The normalized spacial score (nSPS) is 11.2. The number of hydrogen-bond donors (Lipinski definition) is 1. The Morgan fingerprint density at radius 3 is 2.62 bits per heavy atom. The second kappa shape index (κ2) is 8.58. The molecule has 0 bridgehead atoms. The van der Waals surface area contributed by atoms with Gasteiger partial charge in [-0.15, -0.1) is 0 Å². The van der Waals surface area contributed by atoms with Gasteiger partial charge in [0.1, 0.15) is 23.2 Å². The fourth-order valence-corrected chi connectivity index (χ4v) is 3.43. The van der Waals surface area contributed by atoms with Crippen molar-refractivity contribution in [2.45, 2.75) is 6.92 Å². The highest BCUT2D eigenvalue weighted by Gasteiger charge is 2.15. The number of nitro benzene ring substituents is 1. The molecule has 3 aromatic carbocycles. The zero-order valence-electron chi connectivity index (χ0n) is 17.0. The third-order valence-electron chi connectivity index (χ3n) is 5.00. The number of carbonyl (C=O) groups excluding carboxylic acids is 1. The molecule has 1 N–H and O–H groups in total. The third-order valence-corrected chi connectivity index (χ3v) is 5.00. The van der Waals surface area contributed by atoms with Crippen LogP contribution in [0.15, 0.2) is 82.8 Å². The average molecular weight is 423 g/mol. The van der Waals surface area contributed by atoms with Crippen molar-refractivity contribution in [1.82, 2.24) is 0 Å². The summed E-state index contributed by atoms with van der Waals surface area (Å²) in [4.78, 5) is 23.2. The summed E-state index contributed by atoms with van der Waals surface area (Å²) in [5, 5.41) is 25.1. The van der Waals surface area contributed by atoms with Gasteiger partial charge in [-0.1, -0.05) is 36.4 Å². The summed E-state index contributed by atoms with van der Waals surface area (Å²) in [6, 6.07) is 22.9. The van der Waals surface area contributed by atoms with Gasteiger partial charge in [0.15, 0.2) is 0 Å². The molecular formula is C25H17N3O4. The molecule has 156 valence electrons. The van der Waals surface area contributed by atoms with Gasteiger partial charge in [0.2, 0.25) is 0 Å². The number of amides is 1. The first kappa shape index (κ1) is 20.6. The maximum atomic E-state index is 12.7. The molecule has 0 atom stereocenters. The van der Waals surface area contributed by atoms with Gasteiger partial charge >= 0.3 is 0 Å². The predicted octanol–water partition coefficient (Wildman–Crippen LogP) is 5.86. The van der Waals surface area contributed by atoms with Gasteiger partial charge in [0.05, 0.1) is 4.92 Å². The van der Waals surface area contributed by atoms with Crippen LogP contribution in [0.3, 0.4) is 0 Å². The van der Waals surface area contributed by atoms with Crippen molar-refractivity contribution in [2.24, 2.45) is 0 Å². The molecule has 0 aliphatic rings. The molecule has 0 saturated carbocycles. The summed E-state index contributed by atoms with van der Waals surface area (Å²) in [6.45, 7) is 1.75. The summed E-state index contributed by atoms with van der Waals surface area (Å²) in [7, 11) is 0. The second-order valence-corrected chi connectivity index (χ2v) is 7.11. The second-order valence-electron chi connectivity index (χ2n) is 7.11. The van der Waals surface area contributed by atoms with E-state index in [2.05, 4.69) is 5.32 Å². The van der Waals surface area contributed by atoms with Crippen LogP contribution >= 0.6 is 0 Å². The number of nitrogens with one attached hydrogen (secondary N) is 1. The topological polar surface area (TPSA) is 109 Å². The number of benzene rings is 3. The van der Waals surface area contributed by atoms with Crippen LogP contribution in [0.4, 0.5) is 11.4 Å². The van der Waals surface area contributed by atoms with Gasteiger partial charge < -0.3 is 9.73 Å². The molecule has 1 heterocycles. The Morgan fingerprint density at radius 2 is 1.88 bits per heavy atom. The quantitative estimate of drug-likeness (QED) is 0.187. The molecule has 7 heteroatoms. The highest BCUT2D eigenvalue weighted by molar-refractivity contribution is 6.12. The summed E-state index contributed by atoms with van der Waals surface area (Å²) >= 11 is 0. The Labute approximate surface area is 183 Å². The molecule has 4 aromatic rings. The monoisotopic (exact) mass is 423 g/mol. The van der Waals surface area contributed by atoms with Crippen LogP contribution in [0.25, 0.3) is 28.2 Å². The molecule has 0 radical (unpaired) electrons. The number of non-ortho nitro benzene ring substituents is 1. The average Bonchev–Trinajstić information content (AvgIpc) is 3.25. The zero-order chi connectivity index (χ0) is 22.7. The van der Waals surface area contributed by atoms with Crippen molar-refractivity contribution < 1.29 is 14.1 Å². The molecule has 0 aliphatic carbocycles. The minimum Gasteiger partial charge on any atom is -0.457 e. The van der Waals surface area contributed by atoms with Crippen LogP contribution in [0.5, 0.6) is 0 Å². The lowest BCUT2D eigenvalue weighted by molar-refractivity contribution is -0.384. The lowest BCUT2D eigenvalue weighted by Crippen LogP contribution is -2.13. The lowest BCUT2D eigenvalue weighted by atomic mass is 10.1. The van der Waals surface area contributed by atoms with Crippen molar-refractivity contribution in [3.63, 3.8) is 0 Å². The molecule has 0 aliphatic heterocycles. The van der Waals surface area contributed by atoms with E-state index in [0.29, 0.717) is 28.3 Å². The van der Waals surface area contributed by atoms with Gasteiger partial charge in [0, 0.05) is 34.8 Å². The first-order chi connectivity index (χ1) is 15.5. The van der Waals surface area contributed by atoms with E-state index >= 15 is 0 Å². The van der Waals surface area contributed by atoms with Crippen LogP contribution in [-0.4, -0.2) is 10.8 Å². The number of nitro groups is 1. The Hall–Kier alpha value is -4.70. The van der Waals surface area contributed by atoms with E-state index in [-0.39, 0.29) is 11.3 Å². The van der Waals surface area contributed by atoms with Crippen molar-refractivity contribution in [3.05, 3.63) is 99.8 Å². The number of anilines is 1. The summed E-state index contributed by atoms with van der Waals surface area (Å²) in [5.74, 6) is 0.256. The molecule has 1 aromatic heterocycles. The molecule has 1 amide bonds.